The van der Waals surface area contributed by atoms with Gasteiger partial charge in [0.15, 0.2) is 11.5 Å². The normalized spacial score (nSPS) is 10.3. The second-order valence-corrected chi connectivity index (χ2v) is 6.45. The molecule has 0 bridgehead atoms. The second kappa shape index (κ2) is 10.1. The van der Waals surface area contributed by atoms with Gasteiger partial charge in [-0.2, -0.15) is 0 Å². The number of carbonyl (C=O) groups is 1. The predicted octanol–water partition coefficient (Wildman–Crippen LogP) is 4.91. The minimum absolute atomic E-state index is 0.326. The molecule has 2 aromatic carbocycles. The van der Waals surface area contributed by atoms with Gasteiger partial charge >= 0.3 is 0 Å². The SMILES string of the molecule is CCCCOc1ccccc1NC(=O)c1cc(OC)c(OC)c(OC)c1Br. The molecular formula is C20H24BrNO5. The van der Waals surface area contributed by atoms with Gasteiger partial charge in [0.05, 0.1) is 43.7 Å². The first-order valence-corrected chi connectivity index (χ1v) is 9.38. The van der Waals surface area contributed by atoms with Crippen molar-refractivity contribution in [3.63, 3.8) is 0 Å². The molecule has 2 rings (SSSR count). The van der Waals surface area contributed by atoms with E-state index in [0.717, 1.165) is 12.8 Å². The number of para-hydroxylation sites is 2. The van der Waals surface area contributed by atoms with Crippen LogP contribution < -0.4 is 24.3 Å². The van der Waals surface area contributed by atoms with Crippen LogP contribution in [-0.2, 0) is 0 Å². The summed E-state index contributed by atoms with van der Waals surface area (Å²) in [4.78, 5) is 12.9. The number of carbonyl (C=O) groups excluding carboxylic acids is 1. The molecule has 0 spiro atoms. The maximum absolute atomic E-state index is 12.9. The number of hydrogen-bond acceptors (Lipinski definition) is 5. The topological polar surface area (TPSA) is 66.0 Å². The summed E-state index contributed by atoms with van der Waals surface area (Å²) in [6.07, 6.45) is 1.98. The number of unbranched alkanes of at least 4 members (excludes halogenated alkanes) is 1. The molecule has 146 valence electrons. The van der Waals surface area contributed by atoms with Crippen molar-refractivity contribution < 1.29 is 23.7 Å². The molecule has 2 aromatic rings. The van der Waals surface area contributed by atoms with Crippen LogP contribution in [0.5, 0.6) is 23.0 Å². The summed E-state index contributed by atoms with van der Waals surface area (Å²) in [6, 6.07) is 8.93. The third-order valence-corrected chi connectivity index (χ3v) is 4.69. The average Bonchev–Trinajstić information content (AvgIpc) is 2.68. The lowest BCUT2D eigenvalue weighted by Crippen LogP contribution is -2.14. The first kappa shape index (κ1) is 20.9. The van der Waals surface area contributed by atoms with Crippen LogP contribution in [0.2, 0.25) is 0 Å². The fourth-order valence-corrected chi connectivity index (χ4v) is 3.13. The highest BCUT2D eigenvalue weighted by molar-refractivity contribution is 9.10. The summed E-state index contributed by atoms with van der Waals surface area (Å²) in [5.41, 5.74) is 0.951. The zero-order valence-electron chi connectivity index (χ0n) is 15.9. The van der Waals surface area contributed by atoms with Gasteiger partial charge in [-0.1, -0.05) is 25.5 Å². The van der Waals surface area contributed by atoms with E-state index in [0.29, 0.717) is 45.3 Å². The second-order valence-electron chi connectivity index (χ2n) is 5.66. The smallest absolute Gasteiger partial charge is 0.257 e. The van der Waals surface area contributed by atoms with E-state index in [2.05, 4.69) is 28.2 Å². The van der Waals surface area contributed by atoms with Crippen LogP contribution >= 0.6 is 15.9 Å². The zero-order valence-corrected chi connectivity index (χ0v) is 17.5. The highest BCUT2D eigenvalue weighted by Gasteiger charge is 2.23. The van der Waals surface area contributed by atoms with Gasteiger partial charge < -0.3 is 24.3 Å². The van der Waals surface area contributed by atoms with Crippen LogP contribution in [-0.4, -0.2) is 33.8 Å². The van der Waals surface area contributed by atoms with Gasteiger partial charge in [0.1, 0.15) is 5.75 Å². The van der Waals surface area contributed by atoms with Crippen LogP contribution in [0.4, 0.5) is 5.69 Å². The van der Waals surface area contributed by atoms with Crippen LogP contribution in [0.25, 0.3) is 0 Å². The number of benzene rings is 2. The molecule has 0 heterocycles. The molecule has 0 aliphatic carbocycles. The number of halogens is 1. The molecule has 0 radical (unpaired) electrons. The van der Waals surface area contributed by atoms with E-state index in [1.54, 1.807) is 12.1 Å². The van der Waals surface area contributed by atoms with Crippen molar-refractivity contribution in [1.29, 1.82) is 0 Å². The third kappa shape index (κ3) is 4.86. The number of methoxy groups -OCH3 is 3. The van der Waals surface area contributed by atoms with Crippen LogP contribution in [0.3, 0.4) is 0 Å². The van der Waals surface area contributed by atoms with E-state index in [1.165, 1.54) is 21.3 Å². The lowest BCUT2D eigenvalue weighted by molar-refractivity contribution is 0.102. The number of amides is 1. The molecule has 0 aliphatic rings. The standard InChI is InChI=1S/C20H24BrNO5/c1-5-6-11-27-15-10-8-7-9-14(15)22-20(23)13-12-16(24-2)18(25-3)19(26-4)17(13)21/h7-10,12H,5-6,11H2,1-4H3,(H,22,23). The Morgan fingerprint density at radius 2 is 1.74 bits per heavy atom. The van der Waals surface area contributed by atoms with Gasteiger partial charge in [0.2, 0.25) is 5.75 Å². The predicted molar refractivity (Wildman–Crippen MR) is 109 cm³/mol. The van der Waals surface area contributed by atoms with Gasteiger partial charge in [-0.05, 0) is 40.5 Å². The summed E-state index contributed by atoms with van der Waals surface area (Å²) in [5, 5.41) is 2.89. The summed E-state index contributed by atoms with van der Waals surface area (Å²) in [7, 11) is 4.51. The van der Waals surface area contributed by atoms with Crippen LogP contribution in [0.15, 0.2) is 34.8 Å². The average molecular weight is 438 g/mol. The first-order valence-electron chi connectivity index (χ1n) is 8.58. The molecule has 27 heavy (non-hydrogen) atoms. The van der Waals surface area contributed by atoms with Crippen molar-refractivity contribution in [2.75, 3.05) is 33.3 Å². The van der Waals surface area contributed by atoms with Crippen molar-refractivity contribution in [3.8, 4) is 23.0 Å². The van der Waals surface area contributed by atoms with E-state index in [1.807, 2.05) is 18.2 Å². The maximum Gasteiger partial charge on any atom is 0.257 e. The van der Waals surface area contributed by atoms with Gasteiger partial charge in [-0.15, -0.1) is 0 Å². The van der Waals surface area contributed by atoms with E-state index < -0.39 is 0 Å². The Hall–Kier alpha value is -2.41. The summed E-state index contributed by atoms with van der Waals surface area (Å²) < 4.78 is 22.3. The van der Waals surface area contributed by atoms with Crippen molar-refractivity contribution in [2.24, 2.45) is 0 Å². The molecule has 0 saturated heterocycles. The highest BCUT2D eigenvalue weighted by Crippen LogP contribution is 2.45. The van der Waals surface area contributed by atoms with Gasteiger partial charge in [0.25, 0.3) is 5.91 Å². The minimum Gasteiger partial charge on any atom is -0.493 e. The lowest BCUT2D eigenvalue weighted by Gasteiger charge is -2.17. The quantitative estimate of drug-likeness (QED) is 0.564. The first-order chi connectivity index (χ1) is 13.1. The molecule has 0 fully saturated rings. The molecule has 0 atom stereocenters. The van der Waals surface area contributed by atoms with Gasteiger partial charge in [-0.25, -0.2) is 0 Å². The molecule has 0 aliphatic heterocycles. The van der Waals surface area contributed by atoms with E-state index in [-0.39, 0.29) is 5.91 Å². The molecule has 7 heteroatoms. The zero-order chi connectivity index (χ0) is 19.8. The van der Waals surface area contributed by atoms with Gasteiger partial charge in [-0.3, -0.25) is 4.79 Å². The van der Waals surface area contributed by atoms with Crippen molar-refractivity contribution >= 4 is 27.5 Å². The molecule has 0 unspecified atom stereocenters. The van der Waals surface area contributed by atoms with Crippen molar-refractivity contribution in [3.05, 3.63) is 40.4 Å². The third-order valence-electron chi connectivity index (χ3n) is 3.90. The molecule has 6 nitrogen and oxygen atoms in total. The molecule has 1 N–H and O–H groups in total. The number of hydrogen-bond donors (Lipinski definition) is 1. The largest absolute Gasteiger partial charge is 0.493 e. The lowest BCUT2D eigenvalue weighted by atomic mass is 10.1. The van der Waals surface area contributed by atoms with Crippen LogP contribution in [0, 0.1) is 0 Å². The Morgan fingerprint density at radius 1 is 1.04 bits per heavy atom. The Kier molecular flexibility index (Phi) is 7.79. The number of anilines is 1. The molecule has 1 amide bonds. The number of nitrogens with one attached hydrogen (secondary N) is 1. The van der Waals surface area contributed by atoms with Gasteiger partial charge in [0, 0.05) is 0 Å². The fourth-order valence-electron chi connectivity index (χ4n) is 2.50. The Labute approximate surface area is 167 Å². The highest BCUT2D eigenvalue weighted by atomic mass is 79.9. The fraction of sp³-hybridized carbons (Fsp3) is 0.350. The summed E-state index contributed by atoms with van der Waals surface area (Å²) in [5.74, 6) is 1.49. The van der Waals surface area contributed by atoms with E-state index >= 15 is 0 Å². The molecular weight excluding hydrogens is 414 g/mol. The monoisotopic (exact) mass is 437 g/mol. The maximum atomic E-state index is 12.9. The summed E-state index contributed by atoms with van der Waals surface area (Å²) in [6.45, 7) is 2.69. The Balaban J connectivity index is 2.34. The van der Waals surface area contributed by atoms with E-state index in [9.17, 15) is 4.79 Å². The Morgan fingerprint density at radius 3 is 2.37 bits per heavy atom. The molecule has 0 saturated carbocycles. The van der Waals surface area contributed by atoms with Crippen molar-refractivity contribution in [2.45, 2.75) is 19.8 Å². The molecule has 0 aromatic heterocycles. The van der Waals surface area contributed by atoms with E-state index in [4.69, 9.17) is 18.9 Å². The van der Waals surface area contributed by atoms with Crippen molar-refractivity contribution in [1.82, 2.24) is 0 Å². The number of ether oxygens (including phenoxy) is 4. The van der Waals surface area contributed by atoms with Crippen LogP contribution in [0.1, 0.15) is 30.1 Å². The number of rotatable bonds is 9. The summed E-state index contributed by atoms with van der Waals surface area (Å²) >= 11 is 3.43. The Bertz CT molecular complexity index is 794. The minimum atomic E-state index is -0.326.